The van der Waals surface area contributed by atoms with Gasteiger partial charge in [-0.3, -0.25) is 19.1 Å². The molecule has 2 aromatic carbocycles. The highest BCUT2D eigenvalue weighted by atomic mass is 35.5. The first kappa shape index (κ1) is 47.8. The average Bonchev–Trinajstić information content (AvgIpc) is 3.80. The van der Waals surface area contributed by atoms with Gasteiger partial charge in [0.1, 0.15) is 0 Å². The first-order valence-electron chi connectivity index (χ1n) is 20.5. The highest BCUT2D eigenvalue weighted by Gasteiger charge is 2.32. The lowest BCUT2D eigenvalue weighted by Crippen LogP contribution is -2.57. The van der Waals surface area contributed by atoms with Crippen LogP contribution < -0.4 is 5.32 Å². The number of hydrogen-bond acceptors (Lipinski definition) is 9. The van der Waals surface area contributed by atoms with E-state index in [1.54, 1.807) is 28.5 Å². The first-order chi connectivity index (χ1) is 29.4. The number of carbonyl (C=O) groups excluding carboxylic acids is 3. The summed E-state index contributed by atoms with van der Waals surface area (Å²) in [6, 6.07) is 7.40. The molecule has 3 amide bonds. The molecule has 0 saturated carbocycles. The molecule has 1 fully saturated rings. The minimum Gasteiger partial charge on any atom is -0.477 e. The van der Waals surface area contributed by atoms with Crippen LogP contribution in [0.5, 0.6) is 0 Å². The van der Waals surface area contributed by atoms with Crippen LogP contribution >= 0.6 is 11.6 Å². The van der Waals surface area contributed by atoms with Gasteiger partial charge in [0.25, 0.3) is 11.8 Å². The number of likely N-dealkylation sites (N-methyl/N-ethyl adjacent to an activating group) is 2. The van der Waals surface area contributed by atoms with Crippen molar-refractivity contribution >= 4 is 41.0 Å². The number of carboxylic acid groups (broad SMARTS) is 1. The van der Waals surface area contributed by atoms with E-state index in [9.17, 15) is 24.3 Å². The molecule has 0 bridgehead atoms. The Morgan fingerprint density at radius 2 is 1.53 bits per heavy atom. The Morgan fingerprint density at radius 1 is 0.903 bits per heavy atom. The molecule has 3 heterocycles. The van der Waals surface area contributed by atoms with Crippen molar-refractivity contribution in [1.82, 2.24) is 38.9 Å². The number of amides is 3. The zero-order valence-electron chi connectivity index (χ0n) is 36.6. The van der Waals surface area contributed by atoms with E-state index in [1.807, 2.05) is 38.0 Å². The number of hydrogen-bond donors (Lipinski definition) is 2. The van der Waals surface area contributed by atoms with Crippen LogP contribution in [0.1, 0.15) is 39.5 Å². The van der Waals surface area contributed by atoms with Crippen molar-refractivity contribution in [2.75, 3.05) is 113 Å². The van der Waals surface area contributed by atoms with Crippen molar-refractivity contribution in [2.45, 2.75) is 26.3 Å². The lowest BCUT2D eigenvalue weighted by molar-refractivity contribution is -0.920. The Balaban J connectivity index is 1.16. The fraction of sp³-hybridized carbons (Fsp3) is 0.488. The molecule has 1 saturated heterocycles. The van der Waals surface area contributed by atoms with E-state index in [0.29, 0.717) is 81.1 Å². The number of piperazine rings is 1. The number of nitrogens with zero attached hydrogens (tertiary/aromatic N) is 9. The van der Waals surface area contributed by atoms with Crippen LogP contribution in [-0.2, 0) is 27.9 Å². The smallest absolute Gasteiger partial charge is 0.359 e. The molecule has 2 N–H and O–H groups in total. The third-order valence-corrected chi connectivity index (χ3v) is 11.7. The van der Waals surface area contributed by atoms with Gasteiger partial charge in [0.15, 0.2) is 24.0 Å². The molecule has 0 unspecified atom stereocenters. The molecule has 1 aliphatic rings. The Labute approximate surface area is 366 Å². The van der Waals surface area contributed by atoms with E-state index in [4.69, 9.17) is 16.3 Å². The highest BCUT2D eigenvalue weighted by Crippen LogP contribution is 2.33. The summed E-state index contributed by atoms with van der Waals surface area (Å²) >= 11 is 6.58. The van der Waals surface area contributed by atoms with Crippen LogP contribution in [0.25, 0.3) is 22.4 Å². The molecule has 62 heavy (non-hydrogen) atoms. The number of carbonyl (C=O) groups is 4. The fourth-order valence-corrected chi connectivity index (χ4v) is 7.89. The van der Waals surface area contributed by atoms with Crippen LogP contribution in [0.2, 0.25) is 5.02 Å². The zero-order valence-corrected chi connectivity index (χ0v) is 37.3. The summed E-state index contributed by atoms with van der Waals surface area (Å²) in [6.45, 7) is 7.28. The summed E-state index contributed by atoms with van der Waals surface area (Å²) in [5.41, 5.74) is 1.76. The number of ether oxygens (including phenoxy) is 1. The van der Waals surface area contributed by atoms with E-state index in [1.165, 1.54) is 54.3 Å². The van der Waals surface area contributed by atoms with Crippen LogP contribution in [0.3, 0.4) is 0 Å². The SMILES string of the molecule is COCCn1ncc(-c2ccc(-c3cnc(C(=O)Nc4ccc(C(=O)N5CCN(C(=O)CCC[N+](CCN(C)C)(CCN(C)C)CC(=O)O)CC5)c(Cl)c4)n3C)c(F)c2F)c1C. The molecule has 0 aliphatic carbocycles. The summed E-state index contributed by atoms with van der Waals surface area (Å²) in [5.74, 6) is -4.08. The van der Waals surface area contributed by atoms with Crippen molar-refractivity contribution in [3.8, 4) is 22.4 Å². The topological polar surface area (TPSA) is 158 Å². The number of imidazole rings is 1. The first-order valence-corrected chi connectivity index (χ1v) is 20.9. The van der Waals surface area contributed by atoms with Crippen molar-refractivity contribution in [3.05, 3.63) is 76.5 Å². The number of anilines is 1. The van der Waals surface area contributed by atoms with Gasteiger partial charge in [0.05, 0.1) is 61.5 Å². The minimum atomic E-state index is -1.10. The molecule has 336 valence electrons. The predicted molar refractivity (Wildman–Crippen MR) is 232 cm³/mol. The number of methoxy groups -OCH3 is 1. The number of nitrogens with one attached hydrogen (secondary N) is 1. The summed E-state index contributed by atoms with van der Waals surface area (Å²) in [4.78, 5) is 63.7. The summed E-state index contributed by atoms with van der Waals surface area (Å²) in [6.07, 6.45) is 3.59. The van der Waals surface area contributed by atoms with Gasteiger partial charge in [-0.05, 0) is 59.4 Å². The van der Waals surface area contributed by atoms with Crippen molar-refractivity contribution in [2.24, 2.45) is 7.05 Å². The lowest BCUT2D eigenvalue weighted by atomic mass is 10.0. The van der Waals surface area contributed by atoms with Gasteiger partial charge in [-0.15, -0.1) is 0 Å². The normalized spacial score (nSPS) is 13.4. The number of benzene rings is 2. The van der Waals surface area contributed by atoms with Crippen LogP contribution in [0.15, 0.2) is 42.7 Å². The predicted octanol–water partition coefficient (Wildman–Crippen LogP) is 4.18. The number of halogens is 3. The molecule has 0 atom stereocenters. The molecule has 1 aliphatic heterocycles. The maximum absolute atomic E-state index is 15.6. The minimum absolute atomic E-state index is 0.00898. The van der Waals surface area contributed by atoms with E-state index < -0.39 is 23.5 Å². The number of aliphatic carboxylic acids is 1. The second-order valence-electron chi connectivity index (χ2n) is 16.3. The third kappa shape index (κ3) is 11.6. The Morgan fingerprint density at radius 3 is 2.15 bits per heavy atom. The average molecular weight is 884 g/mol. The van der Waals surface area contributed by atoms with Gasteiger partial charge in [-0.25, -0.2) is 18.6 Å². The van der Waals surface area contributed by atoms with Crippen LogP contribution in [0, 0.1) is 18.6 Å². The van der Waals surface area contributed by atoms with Gasteiger partial charge in [-0.1, -0.05) is 17.7 Å². The van der Waals surface area contributed by atoms with Crippen molar-refractivity contribution in [1.29, 1.82) is 0 Å². The molecule has 19 heteroatoms. The van der Waals surface area contributed by atoms with Crippen LogP contribution in [0.4, 0.5) is 14.5 Å². The molecule has 16 nitrogen and oxygen atoms in total. The second kappa shape index (κ2) is 21.2. The standard InChI is InChI=1S/C43H57ClF2N10O6/c1-29-34(26-48-55(29)20-24-62-7)31-12-13-33(40(46)39(31)45)36-27-47-41(52(36)6)42(60)49-30-10-11-32(35(44)25-30)43(61)54-16-14-53(15-17-54)37(57)9-8-21-56(28-38(58)59,22-18-50(2)3)23-19-51(4)5/h10-13,25-27H,8-9,14-24,28H2,1-7H3,(H-,49,58,59,60,61)/p+1. The number of carboxylic acids is 1. The van der Waals surface area contributed by atoms with Crippen molar-refractivity contribution in [3.63, 3.8) is 0 Å². The summed E-state index contributed by atoms with van der Waals surface area (Å²) in [5, 5.41) is 16.8. The van der Waals surface area contributed by atoms with Gasteiger partial charge in [-0.2, -0.15) is 5.10 Å². The summed E-state index contributed by atoms with van der Waals surface area (Å²) < 4.78 is 39.6. The molecule has 2 aromatic heterocycles. The van der Waals surface area contributed by atoms with E-state index in [2.05, 4.69) is 15.4 Å². The maximum Gasteiger partial charge on any atom is 0.359 e. The van der Waals surface area contributed by atoms with E-state index in [-0.39, 0.29) is 63.7 Å². The Hall–Kier alpha value is -5.27. The highest BCUT2D eigenvalue weighted by molar-refractivity contribution is 6.34. The number of quaternary nitrogens is 1. The lowest BCUT2D eigenvalue weighted by Gasteiger charge is -2.39. The monoisotopic (exact) mass is 883 g/mol. The fourth-order valence-electron chi connectivity index (χ4n) is 7.63. The van der Waals surface area contributed by atoms with Gasteiger partial charge in [0.2, 0.25) is 5.91 Å². The second-order valence-corrected chi connectivity index (χ2v) is 16.7. The number of rotatable bonds is 20. The Bertz CT molecular complexity index is 2230. The molecule has 4 aromatic rings. The molecular weight excluding hydrogens is 826 g/mol. The molecular formula is C43H58ClF2N10O6+. The quantitative estimate of drug-likeness (QED) is 0.124. The molecule has 0 radical (unpaired) electrons. The molecule has 0 spiro atoms. The van der Waals surface area contributed by atoms with E-state index in [0.717, 1.165) is 13.1 Å². The zero-order chi connectivity index (χ0) is 45.3. The van der Waals surface area contributed by atoms with Gasteiger partial charge < -0.3 is 43.8 Å². The van der Waals surface area contributed by atoms with Gasteiger partial charge in [0, 0.05) is 94.3 Å². The Kier molecular flexibility index (Phi) is 16.3. The molecule has 5 rings (SSSR count). The van der Waals surface area contributed by atoms with Crippen LogP contribution in [-0.4, -0.2) is 180 Å². The maximum atomic E-state index is 15.6. The number of aromatic nitrogens is 4. The van der Waals surface area contributed by atoms with Gasteiger partial charge >= 0.3 is 5.97 Å². The third-order valence-electron chi connectivity index (χ3n) is 11.4. The summed E-state index contributed by atoms with van der Waals surface area (Å²) in [7, 11) is 10.9. The largest absolute Gasteiger partial charge is 0.477 e. The van der Waals surface area contributed by atoms with E-state index >= 15 is 8.78 Å². The van der Waals surface area contributed by atoms with Crippen molar-refractivity contribution < 1.29 is 42.3 Å².